The number of benzene rings is 2. The van der Waals surface area contributed by atoms with Gasteiger partial charge < -0.3 is 9.15 Å². The van der Waals surface area contributed by atoms with Crippen LogP contribution < -0.4 is 9.64 Å². The summed E-state index contributed by atoms with van der Waals surface area (Å²) in [5.41, 5.74) is 1.40. The van der Waals surface area contributed by atoms with Gasteiger partial charge in [0.05, 0.1) is 35.2 Å². The van der Waals surface area contributed by atoms with E-state index in [2.05, 4.69) is 20.9 Å². The number of anilines is 1. The van der Waals surface area contributed by atoms with E-state index in [1.807, 2.05) is 55.5 Å². The number of rotatable bonds is 6. The first-order chi connectivity index (χ1) is 13.7. The van der Waals surface area contributed by atoms with Crippen LogP contribution in [0.2, 0.25) is 0 Å². The summed E-state index contributed by atoms with van der Waals surface area (Å²) < 4.78 is 12.8. The lowest BCUT2D eigenvalue weighted by atomic mass is 10.2. The van der Waals surface area contributed by atoms with E-state index in [4.69, 9.17) is 9.15 Å². The lowest BCUT2D eigenvalue weighted by Crippen LogP contribution is -2.30. The molecule has 7 heteroatoms. The van der Waals surface area contributed by atoms with Crippen LogP contribution in [0.15, 0.2) is 69.8 Å². The Kier molecular flexibility index (Phi) is 5.45. The number of ether oxygens (including phenoxy) is 1. The van der Waals surface area contributed by atoms with Crippen molar-refractivity contribution in [2.24, 2.45) is 0 Å². The Morgan fingerprint density at radius 1 is 1.21 bits per heavy atom. The van der Waals surface area contributed by atoms with Gasteiger partial charge in [-0.15, -0.1) is 0 Å². The van der Waals surface area contributed by atoms with Crippen molar-refractivity contribution in [1.29, 1.82) is 0 Å². The van der Waals surface area contributed by atoms with Crippen molar-refractivity contribution in [2.45, 2.75) is 13.5 Å². The normalized spacial score (nSPS) is 10.9. The second-order valence-electron chi connectivity index (χ2n) is 6.01. The van der Waals surface area contributed by atoms with E-state index < -0.39 is 0 Å². The number of hydrogen-bond acceptors (Lipinski definition) is 5. The summed E-state index contributed by atoms with van der Waals surface area (Å²) in [5, 5.41) is 0.612. The minimum Gasteiger partial charge on any atom is -0.494 e. The predicted molar refractivity (Wildman–Crippen MR) is 114 cm³/mol. The fourth-order valence-corrected chi connectivity index (χ4v) is 4.28. The lowest BCUT2D eigenvalue weighted by Gasteiger charge is -2.19. The van der Waals surface area contributed by atoms with Crippen molar-refractivity contribution >= 4 is 48.5 Å². The lowest BCUT2D eigenvalue weighted by molar-refractivity contribution is 0.0982. The van der Waals surface area contributed by atoms with Crippen molar-refractivity contribution < 1.29 is 13.9 Å². The standard InChI is InChI=1S/C21H17BrN2O3S/c1-2-26-14-9-10-18-19(12-14)28-21(23-18)24(13-15-6-5-11-27-15)20(25)16-7-3-4-8-17(16)22/h3-12H,2,13H2,1H3. The quantitative estimate of drug-likeness (QED) is 0.362. The molecule has 2 heterocycles. The van der Waals surface area contributed by atoms with Crippen LogP contribution in [0.25, 0.3) is 10.2 Å². The smallest absolute Gasteiger partial charge is 0.261 e. The topological polar surface area (TPSA) is 55.6 Å². The molecule has 0 saturated heterocycles. The van der Waals surface area contributed by atoms with Crippen molar-refractivity contribution in [3.63, 3.8) is 0 Å². The van der Waals surface area contributed by atoms with Crippen LogP contribution in [-0.4, -0.2) is 17.5 Å². The Morgan fingerprint density at radius 3 is 2.82 bits per heavy atom. The number of carbonyl (C=O) groups is 1. The van der Waals surface area contributed by atoms with Crippen LogP contribution in [0.3, 0.4) is 0 Å². The van der Waals surface area contributed by atoms with Gasteiger partial charge in [-0.25, -0.2) is 4.98 Å². The molecule has 4 rings (SSSR count). The average Bonchev–Trinajstić information content (AvgIpc) is 3.35. The summed E-state index contributed by atoms with van der Waals surface area (Å²) in [6, 6.07) is 16.8. The third-order valence-electron chi connectivity index (χ3n) is 4.13. The molecule has 5 nitrogen and oxygen atoms in total. The number of furan rings is 1. The van der Waals surface area contributed by atoms with Gasteiger partial charge in [0.25, 0.3) is 5.91 Å². The summed E-state index contributed by atoms with van der Waals surface area (Å²) in [7, 11) is 0. The molecule has 0 aliphatic carbocycles. The molecule has 0 unspecified atom stereocenters. The first-order valence-electron chi connectivity index (χ1n) is 8.78. The number of hydrogen-bond donors (Lipinski definition) is 0. The Hall–Kier alpha value is -2.64. The molecule has 2 aromatic carbocycles. The van der Waals surface area contributed by atoms with E-state index in [1.54, 1.807) is 17.2 Å². The highest BCUT2D eigenvalue weighted by molar-refractivity contribution is 9.10. The van der Waals surface area contributed by atoms with Crippen molar-refractivity contribution in [2.75, 3.05) is 11.5 Å². The number of thiazole rings is 1. The Morgan fingerprint density at radius 2 is 2.07 bits per heavy atom. The maximum absolute atomic E-state index is 13.3. The summed E-state index contributed by atoms with van der Waals surface area (Å²) in [6.07, 6.45) is 1.60. The number of nitrogens with zero attached hydrogens (tertiary/aromatic N) is 2. The van der Waals surface area contributed by atoms with E-state index in [-0.39, 0.29) is 5.91 Å². The molecular weight excluding hydrogens is 440 g/mol. The van der Waals surface area contributed by atoms with E-state index in [9.17, 15) is 4.79 Å². The highest BCUT2D eigenvalue weighted by Crippen LogP contribution is 2.33. The third kappa shape index (κ3) is 3.81. The van der Waals surface area contributed by atoms with Crippen LogP contribution in [0.4, 0.5) is 5.13 Å². The first kappa shape index (κ1) is 18.7. The number of halogens is 1. The molecular formula is C21H17BrN2O3S. The zero-order chi connectivity index (χ0) is 19.5. The van der Waals surface area contributed by atoms with Gasteiger partial charge in [-0.2, -0.15) is 0 Å². The van der Waals surface area contributed by atoms with E-state index >= 15 is 0 Å². The second kappa shape index (κ2) is 8.16. The number of carbonyl (C=O) groups excluding carboxylic acids is 1. The Bertz CT molecular complexity index is 1110. The van der Waals surface area contributed by atoms with Crippen LogP contribution in [0.1, 0.15) is 23.0 Å². The van der Waals surface area contributed by atoms with E-state index in [0.717, 1.165) is 20.4 Å². The van der Waals surface area contributed by atoms with E-state index in [0.29, 0.717) is 29.6 Å². The fourth-order valence-electron chi connectivity index (χ4n) is 2.83. The molecule has 0 fully saturated rings. The van der Waals surface area contributed by atoms with Gasteiger partial charge in [0.1, 0.15) is 11.5 Å². The zero-order valence-corrected chi connectivity index (χ0v) is 17.5. The molecule has 0 aliphatic heterocycles. The van der Waals surface area contributed by atoms with Gasteiger partial charge in [0.15, 0.2) is 5.13 Å². The molecule has 2 aromatic heterocycles. The number of amides is 1. The molecule has 1 amide bonds. The minimum atomic E-state index is -0.145. The molecule has 142 valence electrons. The van der Waals surface area contributed by atoms with Crippen molar-refractivity contribution in [1.82, 2.24) is 4.98 Å². The zero-order valence-electron chi connectivity index (χ0n) is 15.1. The fraction of sp³-hybridized carbons (Fsp3) is 0.143. The predicted octanol–water partition coefficient (Wildman–Crippen LogP) is 5.90. The molecule has 0 saturated carbocycles. The maximum atomic E-state index is 13.3. The molecule has 28 heavy (non-hydrogen) atoms. The van der Waals surface area contributed by atoms with Gasteiger partial charge in [-0.3, -0.25) is 9.69 Å². The molecule has 0 radical (unpaired) electrons. The molecule has 4 aromatic rings. The highest BCUT2D eigenvalue weighted by atomic mass is 79.9. The number of aromatic nitrogens is 1. The molecule has 0 atom stereocenters. The van der Waals surface area contributed by atoms with Crippen LogP contribution in [-0.2, 0) is 6.54 Å². The maximum Gasteiger partial charge on any atom is 0.261 e. The van der Waals surface area contributed by atoms with Gasteiger partial charge in [0, 0.05) is 4.47 Å². The molecule has 0 spiro atoms. The van der Waals surface area contributed by atoms with Crippen LogP contribution in [0.5, 0.6) is 5.75 Å². The summed E-state index contributed by atoms with van der Waals surface area (Å²) in [4.78, 5) is 19.7. The Labute approximate surface area is 174 Å². The average molecular weight is 457 g/mol. The van der Waals surface area contributed by atoms with Crippen LogP contribution >= 0.6 is 27.3 Å². The van der Waals surface area contributed by atoms with E-state index in [1.165, 1.54) is 11.3 Å². The number of fused-ring (bicyclic) bond motifs is 1. The van der Waals surface area contributed by atoms with Gasteiger partial charge in [0.2, 0.25) is 0 Å². The highest BCUT2D eigenvalue weighted by Gasteiger charge is 2.24. The summed E-state index contributed by atoms with van der Waals surface area (Å²) >= 11 is 4.93. The van der Waals surface area contributed by atoms with Gasteiger partial charge in [-0.05, 0) is 65.3 Å². The SMILES string of the molecule is CCOc1ccc2nc(N(Cc3ccco3)C(=O)c3ccccc3Br)sc2c1. The summed E-state index contributed by atoms with van der Waals surface area (Å²) in [5.74, 6) is 1.34. The van der Waals surface area contributed by atoms with Gasteiger partial charge >= 0.3 is 0 Å². The van der Waals surface area contributed by atoms with Gasteiger partial charge in [-0.1, -0.05) is 23.5 Å². The monoisotopic (exact) mass is 456 g/mol. The third-order valence-corrected chi connectivity index (χ3v) is 5.87. The molecule has 0 aliphatic rings. The molecule has 0 N–H and O–H groups in total. The van der Waals surface area contributed by atoms with Crippen molar-refractivity contribution in [3.05, 3.63) is 76.7 Å². The Balaban J connectivity index is 1.75. The van der Waals surface area contributed by atoms with Crippen LogP contribution in [0, 0.1) is 0 Å². The second-order valence-corrected chi connectivity index (χ2v) is 7.87. The summed E-state index contributed by atoms with van der Waals surface area (Å²) in [6.45, 7) is 2.84. The first-order valence-corrected chi connectivity index (χ1v) is 10.4. The minimum absolute atomic E-state index is 0.145. The van der Waals surface area contributed by atoms with Crippen molar-refractivity contribution in [3.8, 4) is 5.75 Å². The molecule has 0 bridgehead atoms. The largest absolute Gasteiger partial charge is 0.494 e.